The summed E-state index contributed by atoms with van der Waals surface area (Å²) in [6.07, 6.45) is 1.74. The highest BCUT2D eigenvalue weighted by atomic mass is 35.5. The number of benzene rings is 3. The van der Waals surface area contributed by atoms with Gasteiger partial charge in [0.2, 0.25) is 0 Å². The molecule has 1 saturated heterocycles. The molecule has 0 unspecified atom stereocenters. The summed E-state index contributed by atoms with van der Waals surface area (Å²) in [5.41, 5.74) is 2.44. The maximum Gasteiger partial charge on any atom is 0.335 e. The average Bonchev–Trinajstić information content (AvgIpc) is 3.07. The van der Waals surface area contributed by atoms with E-state index < -0.39 is 5.97 Å². The Morgan fingerprint density at radius 3 is 2.44 bits per heavy atom. The monoisotopic (exact) mass is 512 g/mol. The molecule has 1 aliphatic rings. The van der Waals surface area contributed by atoms with Crippen LogP contribution in [0.3, 0.4) is 0 Å². The third kappa shape index (κ3) is 5.62. The summed E-state index contributed by atoms with van der Waals surface area (Å²) < 4.78 is 5.80. The summed E-state index contributed by atoms with van der Waals surface area (Å²) in [6, 6.07) is 18.8. The van der Waals surface area contributed by atoms with Crippen molar-refractivity contribution in [2.75, 3.05) is 7.05 Å². The van der Waals surface area contributed by atoms with Crippen molar-refractivity contribution in [1.82, 2.24) is 4.90 Å². The van der Waals surface area contributed by atoms with Crippen LogP contribution in [0.2, 0.25) is 10.0 Å². The van der Waals surface area contributed by atoms with Crippen LogP contribution in [0.4, 0.5) is 5.69 Å². The summed E-state index contributed by atoms with van der Waals surface area (Å²) in [5, 5.41) is 10.6. The Balaban J connectivity index is 1.47. The van der Waals surface area contributed by atoms with Gasteiger partial charge in [-0.2, -0.15) is 0 Å². The molecule has 172 valence electrons. The second-order valence-electron chi connectivity index (χ2n) is 7.33. The van der Waals surface area contributed by atoms with Gasteiger partial charge in [-0.15, -0.1) is 0 Å². The first-order valence-corrected chi connectivity index (χ1v) is 11.6. The number of halogens is 2. The predicted molar refractivity (Wildman–Crippen MR) is 136 cm³/mol. The molecule has 1 aliphatic heterocycles. The van der Waals surface area contributed by atoms with E-state index in [0.717, 1.165) is 11.1 Å². The van der Waals surface area contributed by atoms with Gasteiger partial charge >= 0.3 is 5.97 Å². The number of nitrogens with zero attached hydrogens (tertiary/aromatic N) is 2. The molecule has 3 aromatic rings. The van der Waals surface area contributed by atoms with Gasteiger partial charge in [-0.3, -0.25) is 9.69 Å². The van der Waals surface area contributed by atoms with E-state index in [0.29, 0.717) is 38.2 Å². The van der Waals surface area contributed by atoms with E-state index in [-0.39, 0.29) is 11.5 Å². The van der Waals surface area contributed by atoms with E-state index in [1.165, 1.54) is 28.8 Å². The zero-order valence-electron chi connectivity index (χ0n) is 17.9. The third-order valence-electron chi connectivity index (χ3n) is 4.90. The van der Waals surface area contributed by atoms with Gasteiger partial charge in [0.15, 0.2) is 5.17 Å². The number of likely N-dealkylation sites (N-methyl/N-ethyl adjacent to an activating group) is 1. The molecule has 1 N–H and O–H groups in total. The van der Waals surface area contributed by atoms with Gasteiger partial charge in [0.05, 0.1) is 21.2 Å². The summed E-state index contributed by atoms with van der Waals surface area (Å²) >= 11 is 13.5. The molecule has 0 aliphatic carbocycles. The second kappa shape index (κ2) is 10.3. The Hall–Kier alpha value is -3.26. The van der Waals surface area contributed by atoms with Crippen LogP contribution in [-0.4, -0.2) is 34.1 Å². The first kappa shape index (κ1) is 23.9. The van der Waals surface area contributed by atoms with Crippen LogP contribution in [0.5, 0.6) is 5.75 Å². The smallest absolute Gasteiger partial charge is 0.335 e. The van der Waals surface area contributed by atoms with E-state index in [9.17, 15) is 9.59 Å². The van der Waals surface area contributed by atoms with Crippen LogP contribution < -0.4 is 4.74 Å². The Kier molecular flexibility index (Phi) is 7.26. The van der Waals surface area contributed by atoms with Gasteiger partial charge in [0.1, 0.15) is 12.4 Å². The molecule has 1 amide bonds. The molecule has 1 fully saturated rings. The third-order valence-corrected chi connectivity index (χ3v) is 6.51. The first-order valence-electron chi connectivity index (χ1n) is 10.1. The Labute approximate surface area is 210 Å². The number of amides is 1. The number of carbonyl (C=O) groups excluding carboxylic acids is 1. The Bertz CT molecular complexity index is 1310. The fourth-order valence-electron chi connectivity index (χ4n) is 3.06. The first-order chi connectivity index (χ1) is 16.3. The number of hydrogen-bond acceptors (Lipinski definition) is 5. The Morgan fingerprint density at radius 1 is 1.09 bits per heavy atom. The van der Waals surface area contributed by atoms with Crippen molar-refractivity contribution in [3.05, 3.63) is 98.4 Å². The number of carboxylic acid groups (broad SMARTS) is 1. The molecule has 4 rings (SSSR count). The normalized spacial score (nSPS) is 15.9. The molecular weight excluding hydrogens is 495 g/mol. The summed E-state index contributed by atoms with van der Waals surface area (Å²) in [5.74, 6) is -0.662. The van der Waals surface area contributed by atoms with Crippen molar-refractivity contribution in [2.45, 2.75) is 6.61 Å². The van der Waals surface area contributed by atoms with Gasteiger partial charge in [-0.05, 0) is 77.5 Å². The minimum Gasteiger partial charge on any atom is -0.487 e. The number of thioether (sulfide) groups is 1. The zero-order chi connectivity index (χ0) is 24.2. The summed E-state index contributed by atoms with van der Waals surface area (Å²) in [6.45, 7) is 0.351. The number of aliphatic imine (C=N–C) groups is 1. The van der Waals surface area contributed by atoms with E-state index in [2.05, 4.69) is 4.99 Å². The van der Waals surface area contributed by atoms with Crippen LogP contribution >= 0.6 is 35.0 Å². The molecule has 3 aromatic carbocycles. The lowest BCUT2D eigenvalue weighted by Gasteiger charge is -2.09. The lowest BCUT2D eigenvalue weighted by molar-refractivity contribution is -0.121. The van der Waals surface area contributed by atoms with Gasteiger partial charge in [-0.1, -0.05) is 41.4 Å². The number of aromatic carboxylic acids is 1. The summed E-state index contributed by atoms with van der Waals surface area (Å²) in [7, 11) is 1.64. The highest BCUT2D eigenvalue weighted by molar-refractivity contribution is 8.18. The quantitative estimate of drug-likeness (QED) is 0.381. The number of amidine groups is 1. The van der Waals surface area contributed by atoms with Crippen LogP contribution in [0.1, 0.15) is 21.5 Å². The van der Waals surface area contributed by atoms with Crippen molar-refractivity contribution >= 4 is 63.8 Å². The largest absolute Gasteiger partial charge is 0.487 e. The average molecular weight is 513 g/mol. The topological polar surface area (TPSA) is 79.2 Å². The molecule has 6 nitrogen and oxygen atoms in total. The van der Waals surface area contributed by atoms with Crippen LogP contribution in [0.15, 0.2) is 76.6 Å². The number of rotatable bonds is 6. The maximum atomic E-state index is 12.7. The molecule has 1 heterocycles. The SMILES string of the molecule is CN1C(=O)C(=Cc2ccc(OCc3ccc(Cl)cc3)c(Cl)c2)SC1=Nc1ccc(C(=O)O)cc1. The molecule has 0 radical (unpaired) electrons. The van der Waals surface area contributed by atoms with Crippen molar-refractivity contribution in [3.63, 3.8) is 0 Å². The molecule has 0 spiro atoms. The molecular formula is C25H18Cl2N2O4S. The van der Waals surface area contributed by atoms with E-state index >= 15 is 0 Å². The molecule has 0 saturated carbocycles. The molecule has 0 aromatic heterocycles. The highest BCUT2D eigenvalue weighted by Gasteiger charge is 2.30. The van der Waals surface area contributed by atoms with Crippen LogP contribution in [-0.2, 0) is 11.4 Å². The van der Waals surface area contributed by atoms with Crippen molar-refractivity contribution < 1.29 is 19.4 Å². The van der Waals surface area contributed by atoms with Crippen molar-refractivity contribution in [3.8, 4) is 5.75 Å². The molecule has 0 atom stereocenters. The number of hydrogen-bond donors (Lipinski definition) is 1. The minimum atomic E-state index is -1.01. The molecule has 9 heteroatoms. The Morgan fingerprint density at radius 2 is 1.79 bits per heavy atom. The standard InChI is InChI=1S/C25H18Cl2N2O4S/c1-29-23(30)22(34-25(29)28-19-9-5-17(6-10-19)24(31)32)13-16-4-11-21(20(27)12-16)33-14-15-2-7-18(26)8-3-15/h2-13H,14H2,1H3,(H,31,32). The predicted octanol–water partition coefficient (Wildman–Crippen LogP) is 6.50. The van der Waals surface area contributed by atoms with E-state index in [4.69, 9.17) is 33.0 Å². The number of carboxylic acids is 1. The van der Waals surface area contributed by atoms with Gasteiger partial charge < -0.3 is 9.84 Å². The van der Waals surface area contributed by atoms with Gasteiger partial charge in [0, 0.05) is 12.1 Å². The molecule has 34 heavy (non-hydrogen) atoms. The fraction of sp³-hybridized carbons (Fsp3) is 0.0800. The van der Waals surface area contributed by atoms with Crippen LogP contribution in [0.25, 0.3) is 6.08 Å². The number of carbonyl (C=O) groups is 2. The lowest BCUT2D eigenvalue weighted by Crippen LogP contribution is -2.23. The van der Waals surface area contributed by atoms with E-state index in [1.807, 2.05) is 18.2 Å². The van der Waals surface area contributed by atoms with Crippen molar-refractivity contribution in [2.24, 2.45) is 4.99 Å². The minimum absolute atomic E-state index is 0.172. The highest BCUT2D eigenvalue weighted by Crippen LogP contribution is 2.34. The van der Waals surface area contributed by atoms with Crippen molar-refractivity contribution in [1.29, 1.82) is 0 Å². The van der Waals surface area contributed by atoms with Crippen LogP contribution in [0, 0.1) is 0 Å². The van der Waals surface area contributed by atoms with Gasteiger partial charge in [-0.25, -0.2) is 9.79 Å². The maximum absolute atomic E-state index is 12.7. The fourth-order valence-corrected chi connectivity index (χ4v) is 4.41. The second-order valence-corrected chi connectivity index (χ2v) is 9.18. The lowest BCUT2D eigenvalue weighted by atomic mass is 10.2. The van der Waals surface area contributed by atoms with E-state index in [1.54, 1.807) is 49.5 Å². The summed E-state index contributed by atoms with van der Waals surface area (Å²) in [4.78, 5) is 30.1. The zero-order valence-corrected chi connectivity index (χ0v) is 20.2. The van der Waals surface area contributed by atoms with Gasteiger partial charge in [0.25, 0.3) is 5.91 Å². The molecule has 0 bridgehead atoms. The number of ether oxygens (including phenoxy) is 1.